The van der Waals surface area contributed by atoms with Gasteiger partial charge in [-0.15, -0.1) is 11.3 Å². The highest BCUT2D eigenvalue weighted by atomic mass is 32.1. The summed E-state index contributed by atoms with van der Waals surface area (Å²) in [5, 5.41) is 0.938. The van der Waals surface area contributed by atoms with Gasteiger partial charge in [0.15, 0.2) is 0 Å². The van der Waals surface area contributed by atoms with E-state index in [9.17, 15) is 14.0 Å². The van der Waals surface area contributed by atoms with Gasteiger partial charge in [0, 0.05) is 11.4 Å². The van der Waals surface area contributed by atoms with E-state index in [2.05, 4.69) is 15.0 Å². The van der Waals surface area contributed by atoms with Gasteiger partial charge in [0.25, 0.3) is 5.56 Å². The third-order valence-electron chi connectivity index (χ3n) is 4.25. The van der Waals surface area contributed by atoms with Gasteiger partial charge in [-0.25, -0.2) is 9.97 Å². The van der Waals surface area contributed by atoms with Gasteiger partial charge in [-0.2, -0.15) is 4.39 Å². The molecular weight excluding hydrogens is 331 g/mol. The summed E-state index contributed by atoms with van der Waals surface area (Å²) in [7, 11) is 0. The van der Waals surface area contributed by atoms with Crippen LogP contribution in [-0.2, 0) is 11.2 Å². The maximum Gasteiger partial charge on any atom is 0.287 e. The van der Waals surface area contributed by atoms with Crippen molar-refractivity contribution in [1.82, 2.24) is 19.9 Å². The first kappa shape index (κ1) is 16.8. The highest BCUT2D eigenvalue weighted by Gasteiger charge is 2.32. The molecule has 6 nitrogen and oxygen atoms in total. The molecule has 1 unspecified atom stereocenters. The molecule has 2 aromatic rings. The van der Waals surface area contributed by atoms with Gasteiger partial charge in [-0.3, -0.25) is 9.59 Å². The van der Waals surface area contributed by atoms with Crippen molar-refractivity contribution in [1.29, 1.82) is 0 Å². The number of likely N-dealkylation sites (tertiary alicyclic amines) is 1. The summed E-state index contributed by atoms with van der Waals surface area (Å²) in [6.45, 7) is 5.88. The molecule has 8 heteroatoms. The number of aromatic nitrogens is 3. The van der Waals surface area contributed by atoms with Crippen molar-refractivity contribution in [3.63, 3.8) is 0 Å². The number of H-pyrrole nitrogens is 1. The molecule has 3 rings (SSSR count). The van der Waals surface area contributed by atoms with E-state index in [1.807, 2.05) is 13.8 Å². The van der Waals surface area contributed by atoms with Crippen molar-refractivity contribution in [3.05, 3.63) is 43.3 Å². The first-order chi connectivity index (χ1) is 11.4. The fourth-order valence-electron chi connectivity index (χ4n) is 3.08. The second-order valence-corrected chi connectivity index (χ2v) is 7.30. The van der Waals surface area contributed by atoms with Crippen molar-refractivity contribution in [2.24, 2.45) is 0 Å². The van der Waals surface area contributed by atoms with Crippen LogP contribution in [-0.4, -0.2) is 32.3 Å². The zero-order valence-corrected chi connectivity index (χ0v) is 14.7. The van der Waals surface area contributed by atoms with Crippen molar-refractivity contribution in [2.45, 2.75) is 46.1 Å². The quantitative estimate of drug-likeness (QED) is 0.920. The standard InChI is InChI=1S/C16H19FN4O2S/c1-8-12(24-10(3)18-8)7-13(22)21-6-4-5-11(21)15-19-9(2)14(17)16(23)20-15/h11H,4-7H2,1-3H3,(H,19,20,23). The number of nitrogens with zero attached hydrogens (tertiary/aromatic N) is 3. The Morgan fingerprint density at radius 1 is 1.33 bits per heavy atom. The number of amides is 1. The molecule has 1 saturated heterocycles. The normalized spacial score (nSPS) is 17.5. The van der Waals surface area contributed by atoms with Crippen LogP contribution in [0, 0.1) is 26.6 Å². The Kier molecular flexibility index (Phi) is 4.49. The number of thiazole rings is 1. The lowest BCUT2D eigenvalue weighted by Crippen LogP contribution is -2.34. The second kappa shape index (κ2) is 6.43. The average molecular weight is 350 g/mol. The number of nitrogens with one attached hydrogen (secondary N) is 1. The highest BCUT2D eigenvalue weighted by molar-refractivity contribution is 7.11. The summed E-state index contributed by atoms with van der Waals surface area (Å²) in [6, 6.07) is -0.307. The number of carbonyl (C=O) groups excluding carboxylic acids is 1. The zero-order valence-electron chi connectivity index (χ0n) is 13.9. The number of hydrogen-bond donors (Lipinski definition) is 1. The van der Waals surface area contributed by atoms with Crippen LogP contribution in [0.15, 0.2) is 4.79 Å². The van der Waals surface area contributed by atoms with Gasteiger partial charge in [-0.05, 0) is 33.6 Å². The number of rotatable bonds is 3. The molecule has 0 aromatic carbocycles. The molecule has 0 aliphatic carbocycles. The fraction of sp³-hybridized carbons (Fsp3) is 0.500. The largest absolute Gasteiger partial charge is 0.332 e. The Bertz CT molecular complexity index is 845. The Balaban J connectivity index is 1.84. The lowest BCUT2D eigenvalue weighted by Gasteiger charge is -2.24. The topological polar surface area (TPSA) is 79.0 Å². The molecule has 1 atom stereocenters. The summed E-state index contributed by atoms with van der Waals surface area (Å²) in [5.74, 6) is -0.527. The lowest BCUT2D eigenvalue weighted by molar-refractivity contribution is -0.131. The van der Waals surface area contributed by atoms with Crippen molar-refractivity contribution in [2.75, 3.05) is 6.54 Å². The molecule has 3 heterocycles. The van der Waals surface area contributed by atoms with Crippen LogP contribution in [0.5, 0.6) is 0 Å². The van der Waals surface area contributed by atoms with Crippen LogP contribution >= 0.6 is 11.3 Å². The van der Waals surface area contributed by atoms with Crippen LogP contribution < -0.4 is 5.56 Å². The molecular formula is C16H19FN4O2S. The molecule has 128 valence electrons. The summed E-state index contributed by atoms with van der Waals surface area (Å²) in [4.78, 5) is 38.0. The number of aromatic amines is 1. The SMILES string of the molecule is Cc1nc(C)c(CC(=O)N2CCCC2c2nc(C)c(F)c(=O)[nH]2)s1. The van der Waals surface area contributed by atoms with E-state index in [1.165, 1.54) is 18.3 Å². The molecule has 1 aliphatic rings. The van der Waals surface area contributed by atoms with Crippen molar-refractivity contribution in [3.8, 4) is 0 Å². The molecule has 24 heavy (non-hydrogen) atoms. The smallest absolute Gasteiger partial charge is 0.287 e. The summed E-state index contributed by atoms with van der Waals surface area (Å²) < 4.78 is 13.5. The molecule has 0 spiro atoms. The molecule has 0 saturated carbocycles. The third kappa shape index (κ3) is 3.10. The minimum Gasteiger partial charge on any atom is -0.332 e. The molecule has 1 amide bonds. The van der Waals surface area contributed by atoms with Gasteiger partial charge in [-0.1, -0.05) is 0 Å². The van der Waals surface area contributed by atoms with Crippen LogP contribution in [0.25, 0.3) is 0 Å². The number of aryl methyl sites for hydroxylation is 3. The van der Waals surface area contributed by atoms with Gasteiger partial charge >= 0.3 is 0 Å². The fourth-order valence-corrected chi connectivity index (χ4v) is 4.01. The van der Waals surface area contributed by atoms with E-state index in [-0.39, 0.29) is 24.1 Å². The first-order valence-corrected chi connectivity index (χ1v) is 8.67. The van der Waals surface area contributed by atoms with E-state index in [0.29, 0.717) is 18.8 Å². The Morgan fingerprint density at radius 2 is 2.08 bits per heavy atom. The summed E-state index contributed by atoms with van der Waals surface area (Å²) >= 11 is 1.52. The predicted octanol–water partition coefficient (Wildman–Crippen LogP) is 2.20. The van der Waals surface area contributed by atoms with E-state index >= 15 is 0 Å². The van der Waals surface area contributed by atoms with Crippen LogP contribution in [0.2, 0.25) is 0 Å². The van der Waals surface area contributed by atoms with Gasteiger partial charge < -0.3 is 9.88 Å². The van der Waals surface area contributed by atoms with E-state index in [0.717, 1.165) is 22.0 Å². The molecule has 1 N–H and O–H groups in total. The number of carbonyl (C=O) groups is 1. The Hall–Kier alpha value is -2.09. The maximum absolute atomic E-state index is 13.5. The Labute approximate surface area is 142 Å². The average Bonchev–Trinajstić information content (AvgIpc) is 3.11. The lowest BCUT2D eigenvalue weighted by atomic mass is 10.2. The predicted molar refractivity (Wildman–Crippen MR) is 88.5 cm³/mol. The van der Waals surface area contributed by atoms with Crippen LogP contribution in [0.1, 0.15) is 46.0 Å². The van der Waals surface area contributed by atoms with Crippen LogP contribution in [0.4, 0.5) is 4.39 Å². The van der Waals surface area contributed by atoms with Gasteiger partial charge in [0.05, 0.1) is 28.9 Å². The molecule has 0 radical (unpaired) electrons. The molecule has 1 aliphatic heterocycles. The van der Waals surface area contributed by atoms with Gasteiger partial charge in [0.2, 0.25) is 11.7 Å². The van der Waals surface area contributed by atoms with E-state index < -0.39 is 11.4 Å². The number of hydrogen-bond acceptors (Lipinski definition) is 5. The van der Waals surface area contributed by atoms with E-state index in [1.54, 1.807) is 4.90 Å². The molecule has 2 aromatic heterocycles. The molecule has 0 bridgehead atoms. The molecule has 1 fully saturated rings. The Morgan fingerprint density at radius 3 is 2.71 bits per heavy atom. The monoisotopic (exact) mass is 350 g/mol. The first-order valence-electron chi connectivity index (χ1n) is 7.85. The zero-order chi connectivity index (χ0) is 17.4. The summed E-state index contributed by atoms with van der Waals surface area (Å²) in [5.41, 5.74) is 0.151. The van der Waals surface area contributed by atoms with Crippen molar-refractivity contribution >= 4 is 17.2 Å². The minimum atomic E-state index is -0.870. The third-order valence-corrected chi connectivity index (χ3v) is 5.32. The van der Waals surface area contributed by atoms with E-state index in [4.69, 9.17) is 0 Å². The second-order valence-electron chi connectivity index (χ2n) is 6.01. The maximum atomic E-state index is 13.5. The number of halogens is 1. The minimum absolute atomic E-state index is 0.0196. The van der Waals surface area contributed by atoms with Crippen molar-refractivity contribution < 1.29 is 9.18 Å². The highest BCUT2D eigenvalue weighted by Crippen LogP contribution is 2.31. The summed E-state index contributed by atoms with van der Waals surface area (Å²) in [6.07, 6.45) is 1.83. The van der Waals surface area contributed by atoms with Crippen LogP contribution in [0.3, 0.4) is 0 Å². The van der Waals surface area contributed by atoms with Gasteiger partial charge in [0.1, 0.15) is 5.82 Å².